The zero-order valence-corrected chi connectivity index (χ0v) is 14.9. The van der Waals surface area contributed by atoms with Gasteiger partial charge in [0.15, 0.2) is 6.61 Å². The van der Waals surface area contributed by atoms with Gasteiger partial charge in [-0.1, -0.05) is 25.4 Å². The minimum absolute atomic E-state index is 0.143. The minimum Gasteiger partial charge on any atom is -0.496 e. The van der Waals surface area contributed by atoms with E-state index < -0.39 is 5.97 Å². The summed E-state index contributed by atoms with van der Waals surface area (Å²) in [6, 6.07) is 2.84. The van der Waals surface area contributed by atoms with Crippen molar-refractivity contribution in [3.8, 4) is 5.75 Å². The van der Waals surface area contributed by atoms with Gasteiger partial charge in [-0.05, 0) is 24.3 Å². The third-order valence-corrected chi connectivity index (χ3v) is 4.41. The molecule has 0 bridgehead atoms. The SMILES string of the molecule is COc1cc(N)c(Cl)cc1C(=O)OCC(=O)N1C[C@H](C)C[C@@H](C)C1. The van der Waals surface area contributed by atoms with Crippen LogP contribution in [0.15, 0.2) is 12.1 Å². The van der Waals surface area contributed by atoms with Gasteiger partial charge in [-0.25, -0.2) is 4.79 Å². The predicted molar refractivity (Wildman–Crippen MR) is 92.2 cm³/mol. The molecule has 24 heavy (non-hydrogen) atoms. The number of likely N-dealkylation sites (tertiary alicyclic amines) is 1. The third-order valence-electron chi connectivity index (χ3n) is 4.09. The average molecular weight is 355 g/mol. The molecule has 0 unspecified atom stereocenters. The summed E-state index contributed by atoms with van der Waals surface area (Å²) in [5, 5.41) is 0.229. The third kappa shape index (κ3) is 4.32. The number of hydrogen-bond acceptors (Lipinski definition) is 5. The van der Waals surface area contributed by atoms with Crippen molar-refractivity contribution in [2.75, 3.05) is 32.5 Å². The molecule has 0 aliphatic carbocycles. The number of halogens is 1. The van der Waals surface area contributed by atoms with E-state index in [1.165, 1.54) is 19.2 Å². The number of rotatable bonds is 4. The average Bonchev–Trinajstić information content (AvgIpc) is 2.53. The van der Waals surface area contributed by atoms with Crippen LogP contribution in [0.25, 0.3) is 0 Å². The lowest BCUT2D eigenvalue weighted by Gasteiger charge is -2.34. The first-order chi connectivity index (χ1) is 11.3. The van der Waals surface area contributed by atoms with Crippen molar-refractivity contribution in [2.24, 2.45) is 11.8 Å². The highest BCUT2D eigenvalue weighted by Crippen LogP contribution is 2.29. The fourth-order valence-corrected chi connectivity index (χ4v) is 3.22. The van der Waals surface area contributed by atoms with E-state index in [0.717, 1.165) is 6.42 Å². The zero-order valence-electron chi connectivity index (χ0n) is 14.2. The second-order valence-corrected chi connectivity index (χ2v) is 6.80. The van der Waals surface area contributed by atoms with Crippen LogP contribution in [0.1, 0.15) is 30.6 Å². The largest absolute Gasteiger partial charge is 0.496 e. The van der Waals surface area contributed by atoms with Gasteiger partial charge in [0.05, 0.1) is 17.8 Å². The number of carbonyl (C=O) groups excluding carboxylic acids is 2. The van der Waals surface area contributed by atoms with Gasteiger partial charge in [-0.3, -0.25) is 4.79 Å². The molecule has 6 nitrogen and oxygen atoms in total. The number of ether oxygens (including phenoxy) is 2. The van der Waals surface area contributed by atoms with Gasteiger partial charge in [0.25, 0.3) is 5.91 Å². The topological polar surface area (TPSA) is 81.9 Å². The molecule has 1 heterocycles. The molecule has 0 aromatic heterocycles. The molecule has 7 heteroatoms. The van der Waals surface area contributed by atoms with Gasteiger partial charge in [-0.15, -0.1) is 0 Å². The molecule has 1 aliphatic heterocycles. The summed E-state index contributed by atoms with van der Waals surface area (Å²) < 4.78 is 10.3. The van der Waals surface area contributed by atoms with Crippen LogP contribution in [0.2, 0.25) is 5.02 Å². The van der Waals surface area contributed by atoms with Crippen molar-refractivity contribution in [1.82, 2.24) is 4.90 Å². The van der Waals surface area contributed by atoms with E-state index in [2.05, 4.69) is 13.8 Å². The summed E-state index contributed by atoms with van der Waals surface area (Å²) in [5.41, 5.74) is 6.13. The summed E-state index contributed by atoms with van der Waals surface area (Å²) in [5.74, 6) is 0.297. The van der Waals surface area contributed by atoms with Crippen LogP contribution >= 0.6 is 11.6 Å². The number of benzene rings is 1. The quantitative estimate of drug-likeness (QED) is 0.663. The Morgan fingerprint density at radius 3 is 2.50 bits per heavy atom. The van der Waals surface area contributed by atoms with Gasteiger partial charge >= 0.3 is 5.97 Å². The van der Waals surface area contributed by atoms with Gasteiger partial charge < -0.3 is 20.1 Å². The maximum absolute atomic E-state index is 12.3. The summed E-state index contributed by atoms with van der Waals surface area (Å²) in [6.45, 7) is 5.31. The molecule has 0 spiro atoms. The first kappa shape index (κ1) is 18.4. The molecule has 0 radical (unpaired) electrons. The molecular formula is C17H23ClN2O4. The fourth-order valence-electron chi connectivity index (χ4n) is 3.06. The summed E-state index contributed by atoms with van der Waals surface area (Å²) in [4.78, 5) is 26.3. The van der Waals surface area contributed by atoms with Crippen molar-refractivity contribution >= 4 is 29.2 Å². The number of nitrogen functional groups attached to an aromatic ring is 1. The molecule has 1 aromatic rings. The van der Waals surface area contributed by atoms with Crippen molar-refractivity contribution in [1.29, 1.82) is 0 Å². The highest BCUT2D eigenvalue weighted by atomic mass is 35.5. The Bertz CT molecular complexity index is 625. The van der Waals surface area contributed by atoms with E-state index in [9.17, 15) is 9.59 Å². The second kappa shape index (κ2) is 7.75. The molecular weight excluding hydrogens is 332 g/mol. The first-order valence-corrected chi connectivity index (χ1v) is 8.27. The summed E-state index contributed by atoms with van der Waals surface area (Å²) in [6.07, 6.45) is 1.10. The van der Waals surface area contributed by atoms with E-state index in [1.807, 2.05) is 0 Å². The first-order valence-electron chi connectivity index (χ1n) is 7.89. The Morgan fingerprint density at radius 1 is 1.29 bits per heavy atom. The van der Waals surface area contributed by atoms with Gasteiger partial charge in [0, 0.05) is 19.2 Å². The monoisotopic (exact) mass is 354 g/mol. The van der Waals surface area contributed by atoms with Gasteiger partial charge in [0.1, 0.15) is 11.3 Å². The highest BCUT2D eigenvalue weighted by Gasteiger charge is 2.26. The maximum Gasteiger partial charge on any atom is 0.342 e. The van der Waals surface area contributed by atoms with Crippen LogP contribution in [0.4, 0.5) is 5.69 Å². The number of amides is 1. The molecule has 2 rings (SSSR count). The lowest BCUT2D eigenvalue weighted by molar-refractivity contribution is -0.137. The van der Waals surface area contributed by atoms with Gasteiger partial charge in [-0.2, -0.15) is 0 Å². The molecule has 1 fully saturated rings. The van der Waals surface area contributed by atoms with Crippen LogP contribution in [-0.2, 0) is 9.53 Å². The standard InChI is InChI=1S/C17H23ClN2O4/c1-10-4-11(2)8-20(7-10)16(21)9-24-17(22)12-5-13(18)14(19)6-15(12)23-3/h5-6,10-11H,4,7-9,19H2,1-3H3/t10-,11-/m1/s1. The summed E-state index contributed by atoms with van der Waals surface area (Å²) in [7, 11) is 1.42. The lowest BCUT2D eigenvalue weighted by Crippen LogP contribution is -2.44. The molecule has 2 N–H and O–H groups in total. The highest BCUT2D eigenvalue weighted by molar-refractivity contribution is 6.33. The fraction of sp³-hybridized carbons (Fsp3) is 0.529. The molecule has 0 saturated carbocycles. The van der Waals surface area contributed by atoms with Crippen molar-refractivity contribution in [2.45, 2.75) is 20.3 Å². The van der Waals surface area contributed by atoms with Crippen LogP contribution in [0.5, 0.6) is 5.75 Å². The van der Waals surface area contributed by atoms with E-state index in [-0.39, 0.29) is 28.8 Å². The van der Waals surface area contributed by atoms with E-state index >= 15 is 0 Å². The number of esters is 1. The normalized spacial score (nSPS) is 20.6. The minimum atomic E-state index is -0.666. The lowest BCUT2D eigenvalue weighted by atomic mass is 9.92. The van der Waals surface area contributed by atoms with Crippen molar-refractivity contribution < 1.29 is 19.1 Å². The molecule has 2 atom stereocenters. The number of methoxy groups -OCH3 is 1. The second-order valence-electron chi connectivity index (χ2n) is 6.39. The van der Waals surface area contributed by atoms with Crippen LogP contribution < -0.4 is 10.5 Å². The van der Waals surface area contributed by atoms with Crippen molar-refractivity contribution in [3.63, 3.8) is 0 Å². The Hall–Kier alpha value is -1.95. The number of nitrogens with zero attached hydrogens (tertiary/aromatic N) is 1. The smallest absolute Gasteiger partial charge is 0.342 e. The van der Waals surface area contributed by atoms with Crippen molar-refractivity contribution in [3.05, 3.63) is 22.7 Å². The Morgan fingerprint density at radius 2 is 1.92 bits per heavy atom. The maximum atomic E-state index is 12.3. The number of nitrogens with two attached hydrogens (primary N) is 1. The van der Waals surface area contributed by atoms with Gasteiger partial charge in [0.2, 0.25) is 0 Å². The number of anilines is 1. The zero-order chi connectivity index (χ0) is 17.9. The molecule has 1 amide bonds. The predicted octanol–water partition coefficient (Wildman–Crippen LogP) is 2.59. The number of hydrogen-bond donors (Lipinski definition) is 1. The van der Waals surface area contributed by atoms with E-state index in [0.29, 0.717) is 30.6 Å². The summed E-state index contributed by atoms with van der Waals surface area (Å²) >= 11 is 5.94. The molecule has 1 saturated heterocycles. The molecule has 132 valence electrons. The number of piperidine rings is 1. The Balaban J connectivity index is 2.00. The Kier molecular flexibility index (Phi) is 5.94. The molecule has 1 aliphatic rings. The number of carbonyl (C=O) groups is 2. The van der Waals surface area contributed by atoms with E-state index in [1.54, 1.807) is 4.90 Å². The molecule has 1 aromatic carbocycles. The van der Waals surface area contributed by atoms with E-state index in [4.69, 9.17) is 26.8 Å². The van der Waals surface area contributed by atoms with Crippen LogP contribution in [0, 0.1) is 11.8 Å². The van der Waals surface area contributed by atoms with Crippen LogP contribution in [0.3, 0.4) is 0 Å². The Labute approximate surface area is 146 Å². The van der Waals surface area contributed by atoms with Crippen LogP contribution in [-0.4, -0.2) is 43.6 Å².